The molecule has 0 saturated carbocycles. The van der Waals surface area contributed by atoms with Crippen molar-refractivity contribution in [3.8, 4) is 11.1 Å². The van der Waals surface area contributed by atoms with Gasteiger partial charge in [-0.1, -0.05) is 118 Å². The Hall–Kier alpha value is -4.62. The number of nitrogens with zero attached hydrogens (tertiary/aromatic N) is 1. The lowest BCUT2D eigenvalue weighted by molar-refractivity contribution is 0.659. The molecule has 0 aromatic heterocycles. The van der Waals surface area contributed by atoms with Gasteiger partial charge in [-0.25, -0.2) is 0 Å². The van der Waals surface area contributed by atoms with Crippen LogP contribution in [-0.2, 0) is 5.41 Å². The molecule has 1 unspecified atom stereocenters. The van der Waals surface area contributed by atoms with E-state index in [2.05, 4.69) is 167 Å². The van der Waals surface area contributed by atoms with Crippen LogP contribution in [0.2, 0.25) is 0 Å². The second-order valence-electron chi connectivity index (χ2n) is 11.9. The van der Waals surface area contributed by atoms with Gasteiger partial charge in [-0.2, -0.15) is 0 Å². The zero-order valence-corrected chi connectivity index (χ0v) is 25.1. The van der Waals surface area contributed by atoms with Crippen molar-refractivity contribution in [1.82, 2.24) is 0 Å². The molecule has 2 aliphatic rings. The second kappa shape index (κ2) is 11.3. The van der Waals surface area contributed by atoms with Crippen LogP contribution in [0.1, 0.15) is 50.8 Å². The van der Waals surface area contributed by atoms with Crippen LogP contribution in [0, 0.1) is 5.92 Å². The van der Waals surface area contributed by atoms with Crippen molar-refractivity contribution in [2.75, 3.05) is 4.90 Å². The van der Waals surface area contributed by atoms with E-state index in [0.717, 1.165) is 23.5 Å². The predicted octanol–water partition coefficient (Wildman–Crippen LogP) is 11.6. The van der Waals surface area contributed by atoms with E-state index >= 15 is 0 Å². The summed E-state index contributed by atoms with van der Waals surface area (Å²) in [7, 11) is 0. The molecule has 0 aliphatic heterocycles. The first kappa shape index (κ1) is 27.5. The number of rotatable bonds is 6. The van der Waals surface area contributed by atoms with Gasteiger partial charge in [0.15, 0.2) is 0 Å². The number of anilines is 3. The van der Waals surface area contributed by atoms with Crippen molar-refractivity contribution in [2.45, 2.75) is 39.5 Å². The maximum Gasteiger partial charge on any atom is 0.0473 e. The van der Waals surface area contributed by atoms with Crippen LogP contribution in [0.15, 0.2) is 146 Å². The highest BCUT2D eigenvalue weighted by Crippen LogP contribution is 2.51. The molecule has 6 rings (SSSR count). The lowest BCUT2D eigenvalue weighted by Crippen LogP contribution is -2.16. The summed E-state index contributed by atoms with van der Waals surface area (Å²) in [5.41, 5.74) is 13.5. The van der Waals surface area contributed by atoms with Gasteiger partial charge in [0.2, 0.25) is 0 Å². The Balaban J connectivity index is 1.58. The van der Waals surface area contributed by atoms with Gasteiger partial charge >= 0.3 is 0 Å². The van der Waals surface area contributed by atoms with Crippen LogP contribution >= 0.6 is 0 Å². The highest BCUT2D eigenvalue weighted by molar-refractivity contribution is 5.92. The standard InChI is InChI=1S/C41H39N/c1-6-14-37-38-24-23-35(28-40(38)41(4,5)39(37)7-2)42(34-17-12-9-13-18-34)36-26-32(30-15-10-8-11-16-30)25-33(27-36)31-21-19-29(3)20-22-31/h6-19,21-29H,1,20H2,2-5H3/b37-14-,39-7+. The molecule has 1 atom stereocenters. The third kappa shape index (κ3) is 5.01. The lowest BCUT2D eigenvalue weighted by Gasteiger charge is -2.29. The molecule has 1 heteroatoms. The number of hydrogen-bond acceptors (Lipinski definition) is 1. The van der Waals surface area contributed by atoms with Crippen molar-refractivity contribution in [3.63, 3.8) is 0 Å². The third-order valence-electron chi connectivity index (χ3n) is 8.71. The Bertz CT molecular complexity index is 1750. The summed E-state index contributed by atoms with van der Waals surface area (Å²) >= 11 is 0. The van der Waals surface area contributed by atoms with Gasteiger partial charge in [0.1, 0.15) is 0 Å². The van der Waals surface area contributed by atoms with Crippen molar-refractivity contribution in [2.24, 2.45) is 5.92 Å². The molecule has 0 spiro atoms. The van der Waals surface area contributed by atoms with E-state index in [1.165, 1.54) is 44.5 Å². The van der Waals surface area contributed by atoms with Gasteiger partial charge in [-0.15, -0.1) is 0 Å². The Morgan fingerprint density at radius 3 is 2.17 bits per heavy atom. The largest absolute Gasteiger partial charge is 0.310 e. The molecule has 0 saturated heterocycles. The molecule has 0 N–H and O–H groups in total. The Kier molecular flexibility index (Phi) is 7.43. The van der Waals surface area contributed by atoms with Crippen LogP contribution in [0.4, 0.5) is 17.1 Å². The molecule has 1 nitrogen and oxygen atoms in total. The van der Waals surface area contributed by atoms with Crippen LogP contribution in [0.25, 0.3) is 22.3 Å². The maximum atomic E-state index is 4.00. The quantitative estimate of drug-likeness (QED) is 0.233. The smallest absolute Gasteiger partial charge is 0.0473 e. The van der Waals surface area contributed by atoms with E-state index in [9.17, 15) is 0 Å². The van der Waals surface area contributed by atoms with Crippen molar-refractivity contribution >= 4 is 28.2 Å². The molecule has 0 heterocycles. The second-order valence-corrected chi connectivity index (χ2v) is 11.9. The Morgan fingerprint density at radius 1 is 0.786 bits per heavy atom. The first-order valence-corrected chi connectivity index (χ1v) is 15.0. The minimum atomic E-state index is -0.108. The van der Waals surface area contributed by atoms with Gasteiger partial charge in [-0.05, 0) is 106 Å². The lowest BCUT2D eigenvalue weighted by atomic mass is 9.82. The summed E-state index contributed by atoms with van der Waals surface area (Å²) in [5.74, 6) is 0.572. The number of hydrogen-bond donors (Lipinski definition) is 0. The molecule has 0 bridgehead atoms. The Labute approximate surface area is 251 Å². The molecule has 4 aromatic rings. The van der Waals surface area contributed by atoms with Gasteiger partial charge in [0.05, 0.1) is 0 Å². The van der Waals surface area contributed by atoms with E-state index in [1.54, 1.807) is 0 Å². The third-order valence-corrected chi connectivity index (χ3v) is 8.71. The first-order valence-electron chi connectivity index (χ1n) is 15.0. The van der Waals surface area contributed by atoms with E-state index < -0.39 is 0 Å². The number of benzene rings is 4. The van der Waals surface area contributed by atoms with Crippen LogP contribution < -0.4 is 4.90 Å². The monoisotopic (exact) mass is 545 g/mol. The average Bonchev–Trinajstić information content (AvgIpc) is 3.23. The molecule has 0 fully saturated rings. The van der Waals surface area contributed by atoms with Crippen LogP contribution in [-0.4, -0.2) is 0 Å². The summed E-state index contributed by atoms with van der Waals surface area (Å²) in [4.78, 5) is 2.41. The highest BCUT2D eigenvalue weighted by Gasteiger charge is 2.38. The zero-order chi connectivity index (χ0) is 29.3. The first-order chi connectivity index (χ1) is 20.4. The Morgan fingerprint density at radius 2 is 1.50 bits per heavy atom. The highest BCUT2D eigenvalue weighted by atomic mass is 15.1. The van der Waals surface area contributed by atoms with E-state index in [-0.39, 0.29) is 5.41 Å². The van der Waals surface area contributed by atoms with E-state index in [0.29, 0.717) is 5.92 Å². The summed E-state index contributed by atoms with van der Waals surface area (Å²) in [6, 6.07) is 35.4. The van der Waals surface area contributed by atoms with Gasteiger partial charge < -0.3 is 4.90 Å². The minimum absolute atomic E-state index is 0.108. The van der Waals surface area contributed by atoms with Crippen molar-refractivity contribution < 1.29 is 0 Å². The summed E-state index contributed by atoms with van der Waals surface area (Å²) in [6.07, 6.45) is 14.4. The molecule has 208 valence electrons. The normalized spacial score (nSPS) is 19.0. The van der Waals surface area contributed by atoms with Gasteiger partial charge in [0, 0.05) is 22.5 Å². The number of allylic oxidation sites excluding steroid dienone is 9. The average molecular weight is 546 g/mol. The van der Waals surface area contributed by atoms with Crippen molar-refractivity contribution in [3.05, 3.63) is 162 Å². The molecular formula is C41H39N. The molecule has 2 aliphatic carbocycles. The summed E-state index contributed by atoms with van der Waals surface area (Å²) < 4.78 is 0. The van der Waals surface area contributed by atoms with E-state index in [1.807, 2.05) is 6.08 Å². The molecule has 42 heavy (non-hydrogen) atoms. The van der Waals surface area contributed by atoms with Gasteiger partial charge in [-0.3, -0.25) is 0 Å². The fourth-order valence-electron chi connectivity index (χ4n) is 6.53. The maximum absolute atomic E-state index is 4.00. The van der Waals surface area contributed by atoms with Gasteiger partial charge in [0.25, 0.3) is 0 Å². The number of fused-ring (bicyclic) bond motifs is 1. The summed E-state index contributed by atoms with van der Waals surface area (Å²) in [6.45, 7) is 13.1. The molecular weight excluding hydrogens is 506 g/mol. The zero-order valence-electron chi connectivity index (χ0n) is 25.1. The SMILES string of the molecule is C=C/C=C1\C(=C/C)C(C)(C)c2cc(N(c3ccccc3)c3cc(C4=CCC(C)C=C4)cc(-c4ccccc4)c3)ccc21. The number of para-hydroxylation sites is 1. The topological polar surface area (TPSA) is 3.24 Å². The molecule has 4 aromatic carbocycles. The fourth-order valence-corrected chi connectivity index (χ4v) is 6.53. The molecule has 0 radical (unpaired) electrons. The molecule has 0 amide bonds. The predicted molar refractivity (Wildman–Crippen MR) is 182 cm³/mol. The van der Waals surface area contributed by atoms with Crippen LogP contribution in [0.3, 0.4) is 0 Å². The van der Waals surface area contributed by atoms with E-state index in [4.69, 9.17) is 0 Å². The summed E-state index contributed by atoms with van der Waals surface area (Å²) in [5, 5.41) is 0. The minimum Gasteiger partial charge on any atom is -0.310 e. The van der Waals surface area contributed by atoms with Crippen LogP contribution in [0.5, 0.6) is 0 Å². The fraction of sp³-hybridized carbons (Fsp3) is 0.171. The van der Waals surface area contributed by atoms with Crippen molar-refractivity contribution in [1.29, 1.82) is 0 Å².